The summed E-state index contributed by atoms with van der Waals surface area (Å²) in [6, 6.07) is 3.86. The standard InChI is InChI=1S/C13H22N2O3S/c1-9(2)13(3,4)8-15-19(17,18)10-5-6-12(16)11(14)7-10/h5-7,9,15-16H,8,14H2,1-4H3. The third-order valence-electron chi connectivity index (χ3n) is 3.59. The summed E-state index contributed by atoms with van der Waals surface area (Å²) in [4.78, 5) is 0.0577. The molecule has 0 radical (unpaired) electrons. The Kier molecular flexibility index (Phi) is 4.47. The number of anilines is 1. The van der Waals surface area contributed by atoms with Gasteiger partial charge in [-0.3, -0.25) is 0 Å². The second-order valence-electron chi connectivity index (χ2n) is 5.69. The largest absolute Gasteiger partial charge is 0.506 e. The molecular weight excluding hydrogens is 264 g/mol. The number of rotatable bonds is 5. The number of nitrogens with one attached hydrogen (secondary N) is 1. The fraction of sp³-hybridized carbons (Fsp3) is 0.538. The number of aromatic hydroxyl groups is 1. The molecule has 108 valence electrons. The van der Waals surface area contributed by atoms with E-state index in [4.69, 9.17) is 5.73 Å². The van der Waals surface area contributed by atoms with Gasteiger partial charge in [0, 0.05) is 6.54 Å². The number of phenolic OH excluding ortho intramolecular Hbond substituents is 1. The van der Waals surface area contributed by atoms with Crippen molar-refractivity contribution in [2.24, 2.45) is 11.3 Å². The first-order valence-corrected chi connectivity index (χ1v) is 7.63. The molecule has 0 aliphatic carbocycles. The van der Waals surface area contributed by atoms with Crippen LogP contribution in [0.5, 0.6) is 5.75 Å². The van der Waals surface area contributed by atoms with Crippen LogP contribution in [0.3, 0.4) is 0 Å². The van der Waals surface area contributed by atoms with Crippen molar-refractivity contribution in [1.29, 1.82) is 0 Å². The molecule has 0 fully saturated rings. The van der Waals surface area contributed by atoms with Crippen LogP contribution in [0.25, 0.3) is 0 Å². The molecule has 0 atom stereocenters. The van der Waals surface area contributed by atoms with Crippen LogP contribution in [0, 0.1) is 11.3 Å². The van der Waals surface area contributed by atoms with E-state index in [9.17, 15) is 13.5 Å². The van der Waals surface area contributed by atoms with Crippen LogP contribution in [0.2, 0.25) is 0 Å². The third kappa shape index (κ3) is 3.84. The Morgan fingerprint density at radius 2 is 1.95 bits per heavy atom. The molecule has 6 heteroatoms. The van der Waals surface area contributed by atoms with Gasteiger partial charge in [0.05, 0.1) is 10.6 Å². The number of sulfonamides is 1. The van der Waals surface area contributed by atoms with Crippen LogP contribution in [0.1, 0.15) is 27.7 Å². The number of nitrogen functional groups attached to an aromatic ring is 1. The van der Waals surface area contributed by atoms with E-state index in [0.717, 1.165) is 0 Å². The molecule has 0 amide bonds. The van der Waals surface area contributed by atoms with Crippen LogP contribution in [-0.4, -0.2) is 20.1 Å². The highest BCUT2D eigenvalue weighted by Gasteiger charge is 2.25. The predicted molar refractivity (Wildman–Crippen MR) is 76.3 cm³/mol. The average molecular weight is 286 g/mol. The van der Waals surface area contributed by atoms with Gasteiger partial charge in [0.2, 0.25) is 10.0 Å². The molecule has 0 aliphatic heterocycles. The minimum Gasteiger partial charge on any atom is -0.506 e. The lowest BCUT2D eigenvalue weighted by atomic mass is 9.81. The van der Waals surface area contributed by atoms with Crippen LogP contribution in [0.4, 0.5) is 5.69 Å². The summed E-state index contributed by atoms with van der Waals surface area (Å²) in [6.45, 7) is 8.45. The van der Waals surface area contributed by atoms with Gasteiger partial charge >= 0.3 is 0 Å². The maximum Gasteiger partial charge on any atom is 0.240 e. The van der Waals surface area contributed by atoms with Gasteiger partial charge in [-0.05, 0) is 29.5 Å². The molecule has 0 aromatic heterocycles. The molecular formula is C13H22N2O3S. The van der Waals surface area contributed by atoms with E-state index in [1.165, 1.54) is 18.2 Å². The van der Waals surface area contributed by atoms with E-state index in [1.54, 1.807) is 0 Å². The van der Waals surface area contributed by atoms with Gasteiger partial charge in [-0.25, -0.2) is 13.1 Å². The Hall–Kier alpha value is -1.27. The number of hydrogen-bond donors (Lipinski definition) is 3. The van der Waals surface area contributed by atoms with Crippen molar-refractivity contribution in [2.75, 3.05) is 12.3 Å². The van der Waals surface area contributed by atoms with Crippen molar-refractivity contribution >= 4 is 15.7 Å². The Balaban J connectivity index is 2.90. The highest BCUT2D eigenvalue weighted by molar-refractivity contribution is 7.89. The molecule has 0 saturated carbocycles. The van der Waals surface area contributed by atoms with E-state index in [-0.39, 0.29) is 21.7 Å². The van der Waals surface area contributed by atoms with Crippen LogP contribution in [0.15, 0.2) is 23.1 Å². The lowest BCUT2D eigenvalue weighted by molar-refractivity contribution is 0.252. The van der Waals surface area contributed by atoms with Crippen LogP contribution < -0.4 is 10.5 Å². The lowest BCUT2D eigenvalue weighted by Gasteiger charge is -2.29. The lowest BCUT2D eigenvalue weighted by Crippen LogP contribution is -2.36. The third-order valence-corrected chi connectivity index (χ3v) is 4.99. The van der Waals surface area contributed by atoms with Gasteiger partial charge in [-0.1, -0.05) is 27.7 Å². The van der Waals surface area contributed by atoms with Crippen molar-refractivity contribution in [3.63, 3.8) is 0 Å². The van der Waals surface area contributed by atoms with Crippen molar-refractivity contribution in [3.05, 3.63) is 18.2 Å². The van der Waals surface area contributed by atoms with E-state index in [0.29, 0.717) is 12.5 Å². The Morgan fingerprint density at radius 3 is 2.42 bits per heavy atom. The molecule has 19 heavy (non-hydrogen) atoms. The zero-order valence-electron chi connectivity index (χ0n) is 11.8. The predicted octanol–water partition coefficient (Wildman–Crippen LogP) is 1.93. The molecule has 1 rings (SSSR count). The highest BCUT2D eigenvalue weighted by atomic mass is 32.2. The van der Waals surface area contributed by atoms with Crippen molar-refractivity contribution < 1.29 is 13.5 Å². The second-order valence-corrected chi connectivity index (χ2v) is 7.46. The van der Waals surface area contributed by atoms with Gasteiger partial charge in [0.25, 0.3) is 0 Å². The SMILES string of the molecule is CC(C)C(C)(C)CNS(=O)(=O)c1ccc(O)c(N)c1. The number of phenols is 1. The van der Waals surface area contributed by atoms with Gasteiger partial charge in [0.15, 0.2) is 0 Å². The Bertz CT molecular complexity index is 551. The van der Waals surface area contributed by atoms with Crippen molar-refractivity contribution in [3.8, 4) is 5.75 Å². The molecule has 4 N–H and O–H groups in total. The fourth-order valence-electron chi connectivity index (χ4n) is 1.27. The maximum atomic E-state index is 12.1. The van der Waals surface area contributed by atoms with Gasteiger partial charge in [-0.15, -0.1) is 0 Å². The minimum atomic E-state index is -3.61. The molecule has 0 bridgehead atoms. The molecule has 0 saturated heterocycles. The van der Waals surface area contributed by atoms with Gasteiger partial charge in [-0.2, -0.15) is 0 Å². The Morgan fingerprint density at radius 1 is 1.37 bits per heavy atom. The van der Waals surface area contributed by atoms with Crippen molar-refractivity contribution in [1.82, 2.24) is 4.72 Å². The molecule has 0 aliphatic rings. The first-order valence-electron chi connectivity index (χ1n) is 6.14. The molecule has 0 unspecified atom stereocenters. The summed E-state index contributed by atoms with van der Waals surface area (Å²) in [5, 5.41) is 9.30. The summed E-state index contributed by atoms with van der Waals surface area (Å²) < 4.78 is 26.8. The average Bonchev–Trinajstić information content (AvgIpc) is 2.30. The van der Waals surface area contributed by atoms with Crippen LogP contribution in [-0.2, 0) is 10.0 Å². The monoisotopic (exact) mass is 286 g/mol. The molecule has 0 spiro atoms. The summed E-state index contributed by atoms with van der Waals surface area (Å²) >= 11 is 0. The van der Waals surface area contributed by atoms with Gasteiger partial charge < -0.3 is 10.8 Å². The van der Waals surface area contributed by atoms with E-state index >= 15 is 0 Å². The van der Waals surface area contributed by atoms with Crippen LogP contribution >= 0.6 is 0 Å². The van der Waals surface area contributed by atoms with E-state index < -0.39 is 10.0 Å². The first-order chi connectivity index (χ1) is 8.56. The summed E-state index contributed by atoms with van der Waals surface area (Å²) in [6.07, 6.45) is 0. The summed E-state index contributed by atoms with van der Waals surface area (Å²) in [7, 11) is -3.61. The normalized spacial score (nSPS) is 12.9. The highest BCUT2D eigenvalue weighted by Crippen LogP contribution is 2.26. The summed E-state index contributed by atoms with van der Waals surface area (Å²) in [5.74, 6) is 0.224. The minimum absolute atomic E-state index is 0.0472. The van der Waals surface area contributed by atoms with E-state index in [2.05, 4.69) is 4.72 Å². The van der Waals surface area contributed by atoms with Gasteiger partial charge in [0.1, 0.15) is 5.75 Å². The van der Waals surface area contributed by atoms with Crippen molar-refractivity contribution in [2.45, 2.75) is 32.6 Å². The maximum absolute atomic E-state index is 12.1. The first kappa shape index (κ1) is 15.8. The zero-order chi connectivity index (χ0) is 14.8. The number of benzene rings is 1. The number of hydrogen-bond acceptors (Lipinski definition) is 4. The Labute approximate surface area is 114 Å². The van der Waals surface area contributed by atoms with E-state index in [1.807, 2.05) is 27.7 Å². The second kappa shape index (κ2) is 5.38. The topological polar surface area (TPSA) is 92.4 Å². The number of nitrogens with two attached hydrogens (primary N) is 1. The summed E-state index contributed by atoms with van der Waals surface area (Å²) in [5.41, 5.74) is 5.41. The molecule has 1 aromatic carbocycles. The molecule has 0 heterocycles. The fourth-order valence-corrected chi connectivity index (χ4v) is 2.53. The smallest absolute Gasteiger partial charge is 0.240 e. The zero-order valence-corrected chi connectivity index (χ0v) is 12.6. The molecule has 1 aromatic rings. The molecule has 5 nitrogen and oxygen atoms in total. The quantitative estimate of drug-likeness (QED) is 0.569.